The average molecular weight is 316 g/mol. The van der Waals surface area contributed by atoms with Crippen LogP contribution in [0.1, 0.15) is 21.1 Å². The van der Waals surface area contributed by atoms with Crippen molar-refractivity contribution in [3.8, 4) is 5.06 Å². The first-order valence-electron chi connectivity index (χ1n) is 6.46. The van der Waals surface area contributed by atoms with Crippen molar-refractivity contribution in [1.29, 1.82) is 0 Å². The van der Waals surface area contributed by atoms with Crippen molar-refractivity contribution in [1.82, 2.24) is 9.97 Å². The highest BCUT2D eigenvalue weighted by Gasteiger charge is 2.10. The van der Waals surface area contributed by atoms with Crippen LogP contribution in [-0.2, 0) is 6.42 Å². The first kappa shape index (κ1) is 14.3. The minimum atomic E-state index is -1.05. The third-order valence-electron chi connectivity index (χ3n) is 3.18. The monoisotopic (exact) mass is 316 g/mol. The van der Waals surface area contributed by atoms with Gasteiger partial charge >= 0.3 is 5.97 Å². The second-order valence-corrected chi connectivity index (χ2v) is 5.78. The van der Waals surface area contributed by atoms with Crippen LogP contribution < -0.4 is 10.3 Å². The summed E-state index contributed by atoms with van der Waals surface area (Å²) in [6, 6.07) is 8.03. The van der Waals surface area contributed by atoms with Crippen LogP contribution in [0, 0.1) is 0 Å². The first-order chi connectivity index (χ1) is 10.6. The van der Waals surface area contributed by atoms with E-state index in [9.17, 15) is 9.59 Å². The number of fused-ring (bicyclic) bond motifs is 1. The number of ether oxygens (including phenoxy) is 1. The van der Waals surface area contributed by atoms with E-state index in [4.69, 9.17) is 9.84 Å². The van der Waals surface area contributed by atoms with Crippen molar-refractivity contribution < 1.29 is 14.6 Å². The maximum Gasteiger partial charge on any atom is 0.335 e. The van der Waals surface area contributed by atoms with Crippen molar-refractivity contribution in [2.24, 2.45) is 0 Å². The molecule has 3 rings (SSSR count). The first-order valence-corrected chi connectivity index (χ1v) is 7.27. The number of nitrogens with one attached hydrogen (secondary N) is 1. The number of thiophene rings is 1. The molecule has 0 aliphatic heterocycles. The van der Waals surface area contributed by atoms with Crippen molar-refractivity contribution in [2.45, 2.75) is 6.42 Å². The SMILES string of the molecule is COc1ccc(Cc2nc3cc(C(=O)O)ccc3c(=O)[nH]2)s1. The largest absolute Gasteiger partial charge is 0.487 e. The number of hydrogen-bond donors (Lipinski definition) is 2. The van der Waals surface area contributed by atoms with Crippen LogP contribution in [0.2, 0.25) is 0 Å². The molecule has 2 heterocycles. The predicted octanol–water partition coefficient (Wildman–Crippen LogP) is 2.28. The molecule has 1 aromatic carbocycles. The molecule has 0 atom stereocenters. The van der Waals surface area contributed by atoms with E-state index < -0.39 is 5.97 Å². The normalized spacial score (nSPS) is 10.8. The highest BCUT2D eigenvalue weighted by atomic mass is 32.1. The summed E-state index contributed by atoms with van der Waals surface area (Å²) in [7, 11) is 1.60. The number of methoxy groups -OCH3 is 1. The van der Waals surface area contributed by atoms with Gasteiger partial charge in [0.15, 0.2) is 5.06 Å². The summed E-state index contributed by atoms with van der Waals surface area (Å²) in [6.07, 6.45) is 0.455. The van der Waals surface area contributed by atoms with Crippen LogP contribution in [0.5, 0.6) is 5.06 Å². The third-order valence-corrected chi connectivity index (χ3v) is 4.23. The fourth-order valence-corrected chi connectivity index (χ4v) is 2.96. The Hall–Kier alpha value is -2.67. The molecule has 0 saturated carbocycles. The molecule has 0 unspecified atom stereocenters. The molecular weight excluding hydrogens is 304 g/mol. The van der Waals surface area contributed by atoms with E-state index in [1.54, 1.807) is 7.11 Å². The minimum Gasteiger partial charge on any atom is -0.487 e. The number of aromatic carboxylic acids is 1. The fourth-order valence-electron chi connectivity index (χ4n) is 2.13. The maximum atomic E-state index is 12.1. The van der Waals surface area contributed by atoms with Gasteiger partial charge in [0, 0.05) is 11.3 Å². The lowest BCUT2D eigenvalue weighted by molar-refractivity contribution is 0.0697. The summed E-state index contributed by atoms with van der Waals surface area (Å²) < 4.78 is 5.13. The maximum absolute atomic E-state index is 12.1. The van der Waals surface area contributed by atoms with Crippen molar-refractivity contribution in [3.63, 3.8) is 0 Å². The van der Waals surface area contributed by atoms with Gasteiger partial charge in [-0.25, -0.2) is 9.78 Å². The number of benzene rings is 1. The Morgan fingerprint density at radius 2 is 2.18 bits per heavy atom. The number of H-pyrrole nitrogens is 1. The van der Waals surface area contributed by atoms with Gasteiger partial charge in [-0.2, -0.15) is 0 Å². The summed E-state index contributed by atoms with van der Waals surface area (Å²) in [5.41, 5.74) is 0.206. The molecule has 0 aliphatic carbocycles. The topological polar surface area (TPSA) is 92.3 Å². The van der Waals surface area contributed by atoms with E-state index in [1.807, 2.05) is 12.1 Å². The van der Waals surface area contributed by atoms with Crippen LogP contribution in [0.3, 0.4) is 0 Å². The lowest BCUT2D eigenvalue weighted by atomic mass is 10.1. The number of nitrogens with zero attached hydrogens (tertiary/aromatic N) is 1. The molecule has 22 heavy (non-hydrogen) atoms. The molecular formula is C15H12N2O4S. The van der Waals surface area contributed by atoms with Crippen molar-refractivity contribution in [3.05, 3.63) is 57.0 Å². The number of carboxylic acid groups (broad SMARTS) is 1. The quantitative estimate of drug-likeness (QED) is 0.770. The Balaban J connectivity index is 2.02. The summed E-state index contributed by atoms with van der Waals surface area (Å²) in [6.45, 7) is 0. The number of aromatic nitrogens is 2. The zero-order valence-corrected chi connectivity index (χ0v) is 12.4. The molecule has 112 valence electrons. The molecule has 2 N–H and O–H groups in total. The summed E-state index contributed by atoms with van der Waals surface area (Å²) in [5, 5.41) is 10.2. The number of carbonyl (C=O) groups is 1. The number of aromatic amines is 1. The fraction of sp³-hybridized carbons (Fsp3) is 0.133. The van der Waals surface area contributed by atoms with Crippen LogP contribution in [0.25, 0.3) is 10.9 Å². The number of carboxylic acids is 1. The molecule has 7 heteroatoms. The van der Waals surface area contributed by atoms with Crippen molar-refractivity contribution >= 4 is 28.2 Å². The van der Waals surface area contributed by atoms with Gasteiger partial charge in [0.2, 0.25) is 0 Å². The van der Waals surface area contributed by atoms with Gasteiger partial charge in [0.1, 0.15) is 5.82 Å². The molecule has 0 fully saturated rings. The van der Waals surface area contributed by atoms with Gasteiger partial charge in [0.05, 0.1) is 23.6 Å². The standard InChI is InChI=1S/C15H12N2O4S/c1-21-13-5-3-9(22-13)7-12-16-11-6-8(15(19)20)2-4-10(11)14(18)17-12/h2-6H,7H2,1H3,(H,19,20)(H,16,17,18). The minimum absolute atomic E-state index is 0.106. The Bertz CT molecular complexity index is 913. The smallest absolute Gasteiger partial charge is 0.335 e. The van der Waals surface area contributed by atoms with E-state index in [-0.39, 0.29) is 11.1 Å². The second kappa shape index (κ2) is 5.61. The number of hydrogen-bond acceptors (Lipinski definition) is 5. The Labute approximate surface area is 129 Å². The second-order valence-electron chi connectivity index (χ2n) is 4.65. The molecule has 0 saturated heterocycles. The highest BCUT2D eigenvalue weighted by molar-refractivity contribution is 7.13. The third kappa shape index (κ3) is 2.71. The summed E-state index contributed by atoms with van der Waals surface area (Å²) in [5.74, 6) is -0.557. The summed E-state index contributed by atoms with van der Waals surface area (Å²) >= 11 is 1.47. The van der Waals surface area contributed by atoms with Crippen LogP contribution in [0.15, 0.2) is 35.1 Å². The molecule has 0 bridgehead atoms. The van der Waals surface area contributed by atoms with Crippen LogP contribution in [-0.4, -0.2) is 28.2 Å². The Kier molecular flexibility index (Phi) is 3.64. The molecule has 0 aliphatic rings. The molecule has 0 spiro atoms. The molecule has 2 aromatic heterocycles. The average Bonchev–Trinajstić information content (AvgIpc) is 2.94. The lowest BCUT2D eigenvalue weighted by Gasteiger charge is -2.03. The lowest BCUT2D eigenvalue weighted by Crippen LogP contribution is -2.12. The van der Waals surface area contributed by atoms with E-state index in [1.165, 1.54) is 29.5 Å². The Morgan fingerprint density at radius 3 is 2.86 bits per heavy atom. The van der Waals surface area contributed by atoms with Gasteiger partial charge in [0.25, 0.3) is 5.56 Å². The van der Waals surface area contributed by atoms with Gasteiger partial charge in [-0.3, -0.25) is 4.79 Å². The highest BCUT2D eigenvalue weighted by Crippen LogP contribution is 2.25. The van der Waals surface area contributed by atoms with Crippen LogP contribution in [0.4, 0.5) is 0 Å². The van der Waals surface area contributed by atoms with Gasteiger partial charge in [-0.1, -0.05) is 0 Å². The number of rotatable bonds is 4. The van der Waals surface area contributed by atoms with Gasteiger partial charge in [-0.05, 0) is 30.3 Å². The van der Waals surface area contributed by atoms with E-state index in [0.717, 1.165) is 9.94 Å². The van der Waals surface area contributed by atoms with E-state index >= 15 is 0 Å². The molecule has 0 radical (unpaired) electrons. The molecule has 0 amide bonds. The zero-order valence-electron chi connectivity index (χ0n) is 11.6. The van der Waals surface area contributed by atoms with Gasteiger partial charge < -0.3 is 14.8 Å². The zero-order chi connectivity index (χ0) is 15.7. The molecule has 6 nitrogen and oxygen atoms in total. The van der Waals surface area contributed by atoms with Crippen LogP contribution >= 0.6 is 11.3 Å². The van der Waals surface area contributed by atoms with E-state index in [0.29, 0.717) is 23.1 Å². The van der Waals surface area contributed by atoms with Crippen molar-refractivity contribution in [2.75, 3.05) is 7.11 Å². The van der Waals surface area contributed by atoms with Gasteiger partial charge in [-0.15, -0.1) is 11.3 Å². The van der Waals surface area contributed by atoms with E-state index in [2.05, 4.69) is 9.97 Å². The molecule has 3 aromatic rings. The summed E-state index contributed by atoms with van der Waals surface area (Å²) in [4.78, 5) is 31.2. The Morgan fingerprint density at radius 1 is 1.36 bits per heavy atom. The predicted molar refractivity (Wildman–Crippen MR) is 83.0 cm³/mol.